The lowest BCUT2D eigenvalue weighted by Gasteiger charge is -2.04. The van der Waals surface area contributed by atoms with Gasteiger partial charge in [0.05, 0.1) is 0 Å². The molecule has 0 saturated heterocycles. The maximum absolute atomic E-state index is 10.9. The number of carbonyl (C=O) groups excluding carboxylic acids is 1. The summed E-state index contributed by atoms with van der Waals surface area (Å²) in [6.45, 7) is 1.47. The van der Waals surface area contributed by atoms with Crippen molar-refractivity contribution in [3.63, 3.8) is 0 Å². The van der Waals surface area contributed by atoms with Crippen LogP contribution in [0.2, 0.25) is 0 Å². The molecular weight excluding hydrogens is 188 g/mol. The first kappa shape index (κ1) is 11.3. The minimum atomic E-state index is -0.402. The quantitative estimate of drug-likeness (QED) is 0.550. The number of nitrogens with one attached hydrogen (secondary N) is 1. The van der Waals surface area contributed by atoms with Crippen LogP contribution in [0.25, 0.3) is 0 Å². The van der Waals surface area contributed by atoms with Crippen LogP contribution in [-0.2, 0) is 6.54 Å². The van der Waals surface area contributed by atoms with Crippen LogP contribution in [0.4, 0.5) is 0 Å². The van der Waals surface area contributed by atoms with Crippen molar-refractivity contribution in [2.75, 3.05) is 6.54 Å². The molecule has 3 N–H and O–H groups in total. The fourth-order valence-corrected chi connectivity index (χ4v) is 1.23. The third-order valence-electron chi connectivity index (χ3n) is 1.99. The number of nitrogens with two attached hydrogens (primary N) is 1. The lowest BCUT2D eigenvalue weighted by molar-refractivity contribution is 0.1000. The van der Waals surface area contributed by atoms with Gasteiger partial charge < -0.3 is 11.1 Å². The first-order valence-electron chi connectivity index (χ1n) is 4.77. The molecule has 0 saturated carbocycles. The van der Waals surface area contributed by atoms with Gasteiger partial charge in [-0.2, -0.15) is 0 Å². The predicted molar refractivity (Wildman–Crippen MR) is 60.1 cm³/mol. The molecule has 15 heavy (non-hydrogen) atoms. The van der Waals surface area contributed by atoms with E-state index < -0.39 is 5.91 Å². The van der Waals surface area contributed by atoms with Gasteiger partial charge in [0.2, 0.25) is 5.91 Å². The number of rotatable bonds is 5. The molecule has 1 aromatic rings. The minimum absolute atomic E-state index is 0.402. The molecule has 0 heterocycles. The van der Waals surface area contributed by atoms with Crippen molar-refractivity contribution >= 4 is 5.91 Å². The van der Waals surface area contributed by atoms with E-state index in [-0.39, 0.29) is 0 Å². The molecule has 1 amide bonds. The summed E-state index contributed by atoms with van der Waals surface area (Å²) in [4.78, 5) is 10.9. The number of hydrogen-bond acceptors (Lipinski definition) is 2. The van der Waals surface area contributed by atoms with E-state index in [1.807, 2.05) is 12.1 Å². The zero-order chi connectivity index (χ0) is 11.1. The van der Waals surface area contributed by atoms with E-state index in [0.717, 1.165) is 12.1 Å². The van der Waals surface area contributed by atoms with E-state index in [1.54, 1.807) is 12.1 Å². The average molecular weight is 202 g/mol. The summed E-state index contributed by atoms with van der Waals surface area (Å²) >= 11 is 0. The van der Waals surface area contributed by atoms with Crippen LogP contribution in [0.3, 0.4) is 0 Å². The minimum Gasteiger partial charge on any atom is -0.366 e. The second-order valence-electron chi connectivity index (χ2n) is 3.20. The molecule has 0 unspecified atom stereocenters. The van der Waals surface area contributed by atoms with Gasteiger partial charge in [0.1, 0.15) is 0 Å². The Bertz CT molecular complexity index is 379. The highest BCUT2D eigenvalue weighted by Crippen LogP contribution is 2.04. The third-order valence-corrected chi connectivity index (χ3v) is 1.99. The molecule has 78 valence electrons. The zero-order valence-corrected chi connectivity index (χ0v) is 8.49. The molecule has 3 nitrogen and oxygen atoms in total. The van der Waals surface area contributed by atoms with Crippen LogP contribution in [0, 0.1) is 12.3 Å². The summed E-state index contributed by atoms with van der Waals surface area (Å²) in [6.07, 6.45) is 5.82. The fraction of sp³-hybridized carbons (Fsp3) is 0.250. The SMILES string of the molecule is C#CCCNCc1cccc(C(N)=O)c1. The molecule has 1 aromatic carbocycles. The second-order valence-corrected chi connectivity index (χ2v) is 3.20. The molecule has 0 aromatic heterocycles. The van der Waals surface area contributed by atoms with Crippen LogP contribution in [0.5, 0.6) is 0 Å². The van der Waals surface area contributed by atoms with Crippen LogP contribution in [0.1, 0.15) is 22.3 Å². The number of amides is 1. The van der Waals surface area contributed by atoms with Crippen molar-refractivity contribution in [2.24, 2.45) is 5.73 Å². The lowest BCUT2D eigenvalue weighted by Crippen LogP contribution is -2.15. The summed E-state index contributed by atoms with van der Waals surface area (Å²) in [5.41, 5.74) is 6.74. The summed E-state index contributed by atoms with van der Waals surface area (Å²) in [6, 6.07) is 7.24. The Morgan fingerprint density at radius 2 is 2.33 bits per heavy atom. The molecule has 0 aliphatic rings. The van der Waals surface area contributed by atoms with E-state index in [1.165, 1.54) is 0 Å². The molecule has 0 spiro atoms. The van der Waals surface area contributed by atoms with Crippen LogP contribution in [0.15, 0.2) is 24.3 Å². The second kappa shape index (κ2) is 5.84. The van der Waals surface area contributed by atoms with E-state index >= 15 is 0 Å². The Balaban J connectivity index is 2.51. The highest BCUT2D eigenvalue weighted by atomic mass is 16.1. The summed E-state index contributed by atoms with van der Waals surface area (Å²) in [5.74, 6) is 2.14. The van der Waals surface area contributed by atoms with Gasteiger partial charge in [0, 0.05) is 25.1 Å². The molecule has 0 aliphatic carbocycles. The summed E-state index contributed by atoms with van der Waals surface area (Å²) < 4.78 is 0. The smallest absolute Gasteiger partial charge is 0.248 e. The average Bonchev–Trinajstić information content (AvgIpc) is 2.25. The highest BCUT2D eigenvalue weighted by Gasteiger charge is 2.00. The molecule has 0 atom stereocenters. The van der Waals surface area contributed by atoms with E-state index in [0.29, 0.717) is 18.5 Å². The Labute approximate surface area is 89.7 Å². The van der Waals surface area contributed by atoms with E-state index in [4.69, 9.17) is 12.2 Å². The van der Waals surface area contributed by atoms with E-state index in [2.05, 4.69) is 11.2 Å². The van der Waals surface area contributed by atoms with Gasteiger partial charge in [0.25, 0.3) is 0 Å². The standard InChI is InChI=1S/C12H14N2O/c1-2-3-7-14-9-10-5-4-6-11(8-10)12(13)15/h1,4-6,8,14H,3,7,9H2,(H2,13,15). The van der Waals surface area contributed by atoms with Crippen molar-refractivity contribution in [1.82, 2.24) is 5.32 Å². The Morgan fingerprint density at radius 3 is 3.00 bits per heavy atom. The van der Waals surface area contributed by atoms with Crippen LogP contribution in [-0.4, -0.2) is 12.5 Å². The number of terminal acetylenes is 1. The molecular formula is C12H14N2O. The van der Waals surface area contributed by atoms with Gasteiger partial charge in [0.15, 0.2) is 0 Å². The van der Waals surface area contributed by atoms with Crippen molar-refractivity contribution < 1.29 is 4.79 Å². The normalized spacial score (nSPS) is 9.53. The van der Waals surface area contributed by atoms with Gasteiger partial charge >= 0.3 is 0 Å². The largest absolute Gasteiger partial charge is 0.366 e. The highest BCUT2D eigenvalue weighted by molar-refractivity contribution is 5.92. The Hall–Kier alpha value is -1.79. The Morgan fingerprint density at radius 1 is 1.53 bits per heavy atom. The monoisotopic (exact) mass is 202 g/mol. The maximum atomic E-state index is 10.9. The summed E-state index contributed by atoms with van der Waals surface area (Å²) in [7, 11) is 0. The lowest BCUT2D eigenvalue weighted by atomic mass is 10.1. The molecule has 0 radical (unpaired) electrons. The molecule has 3 heteroatoms. The van der Waals surface area contributed by atoms with Crippen molar-refractivity contribution in [3.8, 4) is 12.3 Å². The first-order valence-corrected chi connectivity index (χ1v) is 4.77. The maximum Gasteiger partial charge on any atom is 0.248 e. The van der Waals surface area contributed by atoms with Gasteiger partial charge in [-0.1, -0.05) is 12.1 Å². The van der Waals surface area contributed by atoms with Gasteiger partial charge in [-0.05, 0) is 17.7 Å². The number of carbonyl (C=O) groups is 1. The van der Waals surface area contributed by atoms with Crippen molar-refractivity contribution in [1.29, 1.82) is 0 Å². The topological polar surface area (TPSA) is 55.1 Å². The van der Waals surface area contributed by atoms with Gasteiger partial charge in [-0.15, -0.1) is 12.3 Å². The predicted octanol–water partition coefficient (Wildman–Crippen LogP) is 0.898. The molecule has 0 fully saturated rings. The molecule has 0 bridgehead atoms. The number of benzene rings is 1. The van der Waals surface area contributed by atoms with Crippen molar-refractivity contribution in [2.45, 2.75) is 13.0 Å². The van der Waals surface area contributed by atoms with Crippen LogP contribution >= 0.6 is 0 Å². The summed E-state index contributed by atoms with van der Waals surface area (Å²) in [5, 5.41) is 3.17. The third kappa shape index (κ3) is 3.84. The van der Waals surface area contributed by atoms with E-state index in [9.17, 15) is 4.79 Å². The number of hydrogen-bond donors (Lipinski definition) is 2. The molecule has 0 aliphatic heterocycles. The van der Waals surface area contributed by atoms with Gasteiger partial charge in [-0.25, -0.2) is 0 Å². The van der Waals surface area contributed by atoms with Gasteiger partial charge in [-0.3, -0.25) is 4.79 Å². The zero-order valence-electron chi connectivity index (χ0n) is 8.49. The fourth-order valence-electron chi connectivity index (χ4n) is 1.23. The number of primary amides is 1. The van der Waals surface area contributed by atoms with Crippen LogP contribution < -0.4 is 11.1 Å². The van der Waals surface area contributed by atoms with Crippen molar-refractivity contribution in [3.05, 3.63) is 35.4 Å². The molecule has 1 rings (SSSR count). The Kier molecular flexibility index (Phi) is 4.39. The first-order chi connectivity index (χ1) is 7.24.